The Kier molecular flexibility index (Phi) is 5.57. The maximum Gasteiger partial charge on any atom is 0.336 e. The molecule has 0 unspecified atom stereocenters. The van der Waals surface area contributed by atoms with Crippen molar-refractivity contribution in [2.75, 3.05) is 0 Å². The molecule has 142 valence electrons. The molecular weight excluding hydrogens is 462 g/mol. The smallest absolute Gasteiger partial charge is 0.336 e. The summed E-state index contributed by atoms with van der Waals surface area (Å²) in [6, 6.07) is 14.8. The van der Waals surface area contributed by atoms with Gasteiger partial charge in [-0.1, -0.05) is 39.3 Å². The van der Waals surface area contributed by atoms with E-state index < -0.39 is 0 Å². The van der Waals surface area contributed by atoms with Gasteiger partial charge in [0.1, 0.15) is 5.58 Å². The highest BCUT2D eigenvalue weighted by Gasteiger charge is 2.14. The normalized spacial score (nSPS) is 11.2. The van der Waals surface area contributed by atoms with Crippen molar-refractivity contribution in [3.8, 4) is 11.4 Å². The zero-order chi connectivity index (χ0) is 19.7. The van der Waals surface area contributed by atoms with Crippen molar-refractivity contribution in [3.05, 3.63) is 74.0 Å². The van der Waals surface area contributed by atoms with Gasteiger partial charge in [0.25, 0.3) is 0 Å². The second kappa shape index (κ2) is 8.11. The molecule has 28 heavy (non-hydrogen) atoms. The zero-order valence-corrected chi connectivity index (χ0v) is 18.0. The van der Waals surface area contributed by atoms with Crippen LogP contribution in [0.3, 0.4) is 0 Å². The second-order valence-electron chi connectivity index (χ2n) is 6.08. The first kappa shape index (κ1) is 19.2. The van der Waals surface area contributed by atoms with Crippen molar-refractivity contribution in [1.82, 2.24) is 14.8 Å². The van der Waals surface area contributed by atoms with Gasteiger partial charge in [-0.25, -0.2) is 4.79 Å². The third-order valence-corrected chi connectivity index (χ3v) is 6.05. The lowest BCUT2D eigenvalue weighted by Crippen LogP contribution is -2.02. The predicted molar refractivity (Wildman–Crippen MR) is 116 cm³/mol. The lowest BCUT2D eigenvalue weighted by molar-refractivity contribution is 0.559. The minimum Gasteiger partial charge on any atom is -0.423 e. The number of thioether (sulfide) groups is 1. The number of nitrogens with zero attached hydrogens (tertiary/aromatic N) is 3. The number of halogens is 2. The summed E-state index contributed by atoms with van der Waals surface area (Å²) in [4.78, 5) is 11.9. The molecule has 0 atom stereocenters. The van der Waals surface area contributed by atoms with Crippen LogP contribution in [0.4, 0.5) is 0 Å². The Morgan fingerprint density at radius 2 is 1.93 bits per heavy atom. The minimum absolute atomic E-state index is 0.361. The van der Waals surface area contributed by atoms with E-state index >= 15 is 0 Å². The summed E-state index contributed by atoms with van der Waals surface area (Å²) < 4.78 is 8.23. The van der Waals surface area contributed by atoms with Gasteiger partial charge >= 0.3 is 5.63 Å². The fraction of sp³-hybridized carbons (Fsp3) is 0.150. The third kappa shape index (κ3) is 3.87. The molecule has 0 saturated heterocycles. The summed E-state index contributed by atoms with van der Waals surface area (Å²) in [5, 5.41) is 11.1. The molecule has 2 aromatic carbocycles. The van der Waals surface area contributed by atoms with Crippen LogP contribution in [0.25, 0.3) is 22.4 Å². The van der Waals surface area contributed by atoms with Crippen LogP contribution < -0.4 is 5.63 Å². The molecular formula is C20H15BrClN3O2S. The molecule has 0 N–H and O–H groups in total. The van der Waals surface area contributed by atoms with Gasteiger partial charge < -0.3 is 8.98 Å². The summed E-state index contributed by atoms with van der Waals surface area (Å²) in [5.41, 5.74) is 2.07. The molecule has 0 bridgehead atoms. The SMILES string of the molecule is CCn1c(SCc2cc(=O)oc3cc(Br)ccc23)nnc1-c1ccc(Cl)cc1. The molecule has 0 aliphatic rings. The molecule has 0 fully saturated rings. The van der Waals surface area contributed by atoms with Crippen molar-refractivity contribution < 1.29 is 4.42 Å². The van der Waals surface area contributed by atoms with E-state index in [-0.39, 0.29) is 5.63 Å². The highest BCUT2D eigenvalue weighted by molar-refractivity contribution is 9.10. The maximum absolute atomic E-state index is 11.9. The van der Waals surface area contributed by atoms with Crippen LogP contribution >= 0.6 is 39.3 Å². The summed E-state index contributed by atoms with van der Waals surface area (Å²) >= 11 is 10.9. The van der Waals surface area contributed by atoms with Gasteiger partial charge in [-0.2, -0.15) is 0 Å². The number of hydrogen-bond donors (Lipinski definition) is 0. The van der Waals surface area contributed by atoms with E-state index in [0.717, 1.165) is 38.5 Å². The minimum atomic E-state index is -0.361. The zero-order valence-electron chi connectivity index (χ0n) is 14.9. The van der Waals surface area contributed by atoms with E-state index in [0.29, 0.717) is 16.4 Å². The Labute approximate surface area is 178 Å². The highest BCUT2D eigenvalue weighted by atomic mass is 79.9. The summed E-state index contributed by atoms with van der Waals surface area (Å²) in [7, 11) is 0. The van der Waals surface area contributed by atoms with Crippen molar-refractivity contribution >= 4 is 50.3 Å². The lowest BCUT2D eigenvalue weighted by atomic mass is 10.1. The topological polar surface area (TPSA) is 60.9 Å². The molecule has 8 heteroatoms. The van der Waals surface area contributed by atoms with E-state index in [2.05, 4.69) is 37.6 Å². The first-order valence-electron chi connectivity index (χ1n) is 8.59. The van der Waals surface area contributed by atoms with E-state index in [1.54, 1.807) is 17.8 Å². The predicted octanol–water partition coefficient (Wildman–Crippen LogP) is 5.78. The van der Waals surface area contributed by atoms with Crippen molar-refractivity contribution in [2.24, 2.45) is 0 Å². The molecule has 0 aliphatic heterocycles. The van der Waals surface area contributed by atoms with Gasteiger partial charge in [-0.05, 0) is 55.0 Å². The van der Waals surface area contributed by atoms with Crippen LogP contribution in [-0.4, -0.2) is 14.8 Å². The van der Waals surface area contributed by atoms with Gasteiger partial charge in [0.2, 0.25) is 0 Å². The highest BCUT2D eigenvalue weighted by Crippen LogP contribution is 2.29. The van der Waals surface area contributed by atoms with E-state index in [1.165, 1.54) is 6.07 Å². The number of fused-ring (bicyclic) bond motifs is 1. The molecule has 0 saturated carbocycles. The fourth-order valence-corrected chi connectivity index (χ4v) is 4.42. The Hall–Kier alpha value is -2.09. The maximum atomic E-state index is 11.9. The molecule has 0 radical (unpaired) electrons. The van der Waals surface area contributed by atoms with Gasteiger partial charge in [0.05, 0.1) is 0 Å². The molecule has 0 amide bonds. The molecule has 2 aromatic heterocycles. The molecule has 2 heterocycles. The first-order valence-corrected chi connectivity index (χ1v) is 10.7. The number of benzene rings is 2. The van der Waals surface area contributed by atoms with Crippen molar-refractivity contribution in [2.45, 2.75) is 24.4 Å². The standard InChI is InChI=1S/C20H15BrClN3O2S/c1-2-25-19(12-3-6-15(22)7-4-12)23-24-20(25)28-11-13-9-18(26)27-17-10-14(21)5-8-16(13)17/h3-10H,2,11H2,1H3. The van der Waals surface area contributed by atoms with Gasteiger partial charge in [0.15, 0.2) is 11.0 Å². The summed E-state index contributed by atoms with van der Waals surface area (Å²) in [6.07, 6.45) is 0. The Bertz CT molecular complexity index is 1200. The van der Waals surface area contributed by atoms with Gasteiger partial charge in [-0.3, -0.25) is 0 Å². The Morgan fingerprint density at radius 1 is 1.14 bits per heavy atom. The monoisotopic (exact) mass is 475 g/mol. The Morgan fingerprint density at radius 3 is 2.68 bits per heavy atom. The average molecular weight is 477 g/mol. The number of rotatable bonds is 5. The van der Waals surface area contributed by atoms with E-state index in [1.807, 2.05) is 36.4 Å². The van der Waals surface area contributed by atoms with Crippen LogP contribution in [0.2, 0.25) is 5.02 Å². The second-order valence-corrected chi connectivity index (χ2v) is 8.37. The Balaban J connectivity index is 1.65. The van der Waals surface area contributed by atoms with Gasteiger partial charge in [-0.15, -0.1) is 10.2 Å². The van der Waals surface area contributed by atoms with Crippen LogP contribution in [-0.2, 0) is 12.3 Å². The number of aromatic nitrogens is 3. The lowest BCUT2D eigenvalue weighted by Gasteiger charge is -2.08. The first-order chi connectivity index (χ1) is 13.5. The third-order valence-electron chi connectivity index (χ3n) is 4.28. The molecule has 0 spiro atoms. The summed E-state index contributed by atoms with van der Waals surface area (Å²) in [6.45, 7) is 2.79. The molecule has 0 aliphatic carbocycles. The van der Waals surface area contributed by atoms with Crippen molar-refractivity contribution in [1.29, 1.82) is 0 Å². The average Bonchev–Trinajstić information content (AvgIpc) is 3.09. The summed E-state index contributed by atoms with van der Waals surface area (Å²) in [5.74, 6) is 1.38. The quantitative estimate of drug-likeness (QED) is 0.270. The van der Waals surface area contributed by atoms with E-state index in [9.17, 15) is 4.79 Å². The van der Waals surface area contributed by atoms with E-state index in [4.69, 9.17) is 16.0 Å². The van der Waals surface area contributed by atoms with Crippen LogP contribution in [0, 0.1) is 0 Å². The molecule has 4 rings (SSSR count). The number of hydrogen-bond acceptors (Lipinski definition) is 5. The van der Waals surface area contributed by atoms with Gasteiger partial charge in [0, 0.05) is 38.8 Å². The van der Waals surface area contributed by atoms with Crippen molar-refractivity contribution in [3.63, 3.8) is 0 Å². The van der Waals surface area contributed by atoms with Crippen LogP contribution in [0.15, 0.2) is 67.4 Å². The van der Waals surface area contributed by atoms with Crippen LogP contribution in [0.1, 0.15) is 12.5 Å². The van der Waals surface area contributed by atoms with Crippen LogP contribution in [0.5, 0.6) is 0 Å². The largest absolute Gasteiger partial charge is 0.423 e. The fourth-order valence-electron chi connectivity index (χ4n) is 2.96. The molecule has 4 aromatic rings. The molecule has 5 nitrogen and oxygen atoms in total.